The highest BCUT2D eigenvalue weighted by Crippen LogP contribution is 2.50. The molecule has 1 aliphatic carbocycles. The van der Waals surface area contributed by atoms with Gasteiger partial charge in [-0.2, -0.15) is 4.98 Å². The number of likely N-dealkylation sites (tertiary alicyclic amines) is 1. The first kappa shape index (κ1) is 16.3. The van der Waals surface area contributed by atoms with E-state index in [1.807, 2.05) is 38.1 Å². The van der Waals surface area contributed by atoms with E-state index in [9.17, 15) is 9.90 Å². The van der Waals surface area contributed by atoms with Gasteiger partial charge in [-0.05, 0) is 38.2 Å². The normalized spacial score (nSPS) is 27.4. The molecule has 1 saturated heterocycles. The number of rotatable bonds is 4. The van der Waals surface area contributed by atoms with Gasteiger partial charge in [0.1, 0.15) is 0 Å². The van der Waals surface area contributed by atoms with Gasteiger partial charge in [0.25, 0.3) is 0 Å². The zero-order valence-corrected chi connectivity index (χ0v) is 14.6. The van der Waals surface area contributed by atoms with Crippen molar-refractivity contribution in [3.05, 3.63) is 35.7 Å². The number of carboxylic acid groups (broad SMARTS) is 1. The highest BCUT2D eigenvalue weighted by atomic mass is 16.5. The molecule has 3 atom stereocenters. The Morgan fingerprint density at radius 2 is 2.24 bits per heavy atom. The van der Waals surface area contributed by atoms with Crippen molar-refractivity contribution in [1.82, 2.24) is 15.0 Å². The van der Waals surface area contributed by atoms with Gasteiger partial charge < -0.3 is 9.63 Å². The molecule has 4 rings (SSSR count). The molecule has 2 aromatic rings. The smallest absolute Gasteiger partial charge is 0.311 e. The van der Waals surface area contributed by atoms with Crippen LogP contribution >= 0.6 is 0 Å². The fraction of sp³-hybridized carbons (Fsp3) is 0.526. The third kappa shape index (κ3) is 2.56. The Bertz CT molecular complexity index is 803. The van der Waals surface area contributed by atoms with Crippen LogP contribution in [0.15, 0.2) is 28.8 Å². The first-order valence-corrected chi connectivity index (χ1v) is 8.88. The number of carbonyl (C=O) groups is 1. The number of nitrogens with zero attached hydrogens (tertiary/aromatic N) is 3. The molecule has 1 aromatic carbocycles. The molecule has 0 radical (unpaired) electrons. The van der Waals surface area contributed by atoms with Crippen LogP contribution < -0.4 is 0 Å². The van der Waals surface area contributed by atoms with Gasteiger partial charge >= 0.3 is 5.97 Å². The molecule has 1 saturated carbocycles. The lowest BCUT2D eigenvalue weighted by atomic mass is 9.81. The van der Waals surface area contributed by atoms with Crippen molar-refractivity contribution >= 4 is 5.97 Å². The first-order valence-electron chi connectivity index (χ1n) is 8.88. The van der Waals surface area contributed by atoms with E-state index in [1.165, 1.54) is 0 Å². The summed E-state index contributed by atoms with van der Waals surface area (Å²) >= 11 is 0. The lowest BCUT2D eigenvalue weighted by molar-refractivity contribution is -0.149. The number of hydrogen-bond acceptors (Lipinski definition) is 5. The van der Waals surface area contributed by atoms with Crippen LogP contribution in [0, 0.1) is 18.3 Å². The fourth-order valence-corrected chi connectivity index (χ4v) is 4.47. The molecule has 6 nitrogen and oxygen atoms in total. The van der Waals surface area contributed by atoms with Crippen molar-refractivity contribution in [2.45, 2.75) is 39.2 Å². The monoisotopic (exact) mass is 341 g/mol. The summed E-state index contributed by atoms with van der Waals surface area (Å²) in [5.74, 6) is 0.716. The van der Waals surface area contributed by atoms with Crippen LogP contribution in [0.5, 0.6) is 0 Å². The molecular formula is C19H23N3O3. The zero-order valence-electron chi connectivity index (χ0n) is 14.6. The molecule has 0 spiro atoms. The van der Waals surface area contributed by atoms with Crippen LogP contribution in [0.2, 0.25) is 0 Å². The topological polar surface area (TPSA) is 79.5 Å². The lowest BCUT2D eigenvalue weighted by Gasteiger charge is -2.25. The maximum absolute atomic E-state index is 11.9. The van der Waals surface area contributed by atoms with Gasteiger partial charge in [-0.1, -0.05) is 35.8 Å². The number of hydrogen-bond donors (Lipinski definition) is 1. The molecule has 1 aromatic heterocycles. The highest BCUT2D eigenvalue weighted by Gasteiger charge is 2.55. The van der Waals surface area contributed by atoms with Crippen molar-refractivity contribution < 1.29 is 14.4 Å². The predicted octanol–water partition coefficient (Wildman–Crippen LogP) is 3.29. The van der Waals surface area contributed by atoms with Gasteiger partial charge in [0.2, 0.25) is 11.7 Å². The summed E-state index contributed by atoms with van der Waals surface area (Å²) < 4.78 is 5.51. The van der Waals surface area contributed by atoms with Crippen molar-refractivity contribution in [2.24, 2.45) is 11.3 Å². The molecule has 1 aliphatic heterocycles. The molecule has 25 heavy (non-hydrogen) atoms. The van der Waals surface area contributed by atoms with E-state index in [0.717, 1.165) is 36.9 Å². The zero-order chi connectivity index (χ0) is 17.6. The Balaban J connectivity index is 1.56. The van der Waals surface area contributed by atoms with Crippen molar-refractivity contribution in [3.63, 3.8) is 0 Å². The fourth-order valence-electron chi connectivity index (χ4n) is 4.47. The summed E-state index contributed by atoms with van der Waals surface area (Å²) in [6.07, 6.45) is 2.78. The van der Waals surface area contributed by atoms with Crippen molar-refractivity contribution in [3.8, 4) is 11.4 Å². The van der Waals surface area contributed by atoms with E-state index in [-0.39, 0.29) is 12.0 Å². The highest BCUT2D eigenvalue weighted by molar-refractivity contribution is 5.76. The summed E-state index contributed by atoms with van der Waals surface area (Å²) in [4.78, 5) is 18.6. The van der Waals surface area contributed by atoms with Crippen LogP contribution in [0.4, 0.5) is 0 Å². The summed E-state index contributed by atoms with van der Waals surface area (Å²) in [5.41, 5.74) is 1.47. The van der Waals surface area contributed by atoms with Gasteiger partial charge in [-0.25, -0.2) is 0 Å². The minimum atomic E-state index is -0.657. The number of carboxylic acids is 1. The van der Waals surface area contributed by atoms with Gasteiger partial charge in [0.05, 0.1) is 11.5 Å². The summed E-state index contributed by atoms with van der Waals surface area (Å²) in [7, 11) is 0. The number of benzene rings is 1. The maximum Gasteiger partial charge on any atom is 0.311 e. The van der Waals surface area contributed by atoms with Crippen molar-refractivity contribution in [1.29, 1.82) is 0 Å². The maximum atomic E-state index is 11.9. The minimum Gasteiger partial charge on any atom is -0.481 e. The van der Waals surface area contributed by atoms with Crippen LogP contribution in [-0.2, 0) is 4.79 Å². The Hall–Kier alpha value is -2.21. The third-order valence-corrected chi connectivity index (χ3v) is 6.06. The number of fused-ring (bicyclic) bond motifs is 1. The quantitative estimate of drug-likeness (QED) is 0.919. The van der Waals surface area contributed by atoms with Gasteiger partial charge in [0, 0.05) is 18.7 Å². The SMILES string of the molecule is Cc1ccccc1-c1noc(C(C)N2C[C@@H]3CCC[C@@]3(C(=O)O)C2)n1. The van der Waals surface area contributed by atoms with E-state index in [0.29, 0.717) is 18.3 Å². The third-order valence-electron chi connectivity index (χ3n) is 6.06. The molecule has 1 unspecified atom stereocenters. The Kier molecular flexibility index (Phi) is 3.87. The second kappa shape index (κ2) is 5.95. The molecule has 132 valence electrons. The van der Waals surface area contributed by atoms with E-state index in [1.54, 1.807) is 0 Å². The van der Waals surface area contributed by atoms with Crippen molar-refractivity contribution in [2.75, 3.05) is 13.1 Å². The number of aromatic nitrogens is 2. The Morgan fingerprint density at radius 1 is 1.44 bits per heavy atom. The molecule has 1 N–H and O–H groups in total. The number of aliphatic carboxylic acids is 1. The standard InChI is InChI=1S/C19H23N3O3/c1-12-6-3-4-8-15(12)16-20-17(25-21-16)13(2)22-10-14-7-5-9-19(14,11-22)18(23)24/h3-4,6,8,13-14H,5,7,9-11H2,1-2H3,(H,23,24)/t13?,14-,19+/m0/s1. The van der Waals surface area contributed by atoms with Gasteiger partial charge in [0.15, 0.2) is 0 Å². The van der Waals surface area contributed by atoms with Gasteiger partial charge in [-0.3, -0.25) is 9.69 Å². The molecule has 2 aliphatic rings. The molecule has 6 heteroatoms. The van der Waals surface area contributed by atoms with E-state index in [2.05, 4.69) is 15.0 Å². The van der Waals surface area contributed by atoms with Crippen LogP contribution in [0.25, 0.3) is 11.4 Å². The van der Waals surface area contributed by atoms with Crippen LogP contribution in [-0.4, -0.2) is 39.2 Å². The lowest BCUT2D eigenvalue weighted by Crippen LogP contribution is -2.36. The average Bonchev–Trinajstić information content (AvgIpc) is 3.28. The second-order valence-corrected chi connectivity index (χ2v) is 7.43. The summed E-state index contributed by atoms with van der Waals surface area (Å²) in [6, 6.07) is 7.87. The average molecular weight is 341 g/mol. The molecular weight excluding hydrogens is 318 g/mol. The van der Waals surface area contributed by atoms with E-state index >= 15 is 0 Å². The molecule has 2 heterocycles. The summed E-state index contributed by atoms with van der Waals surface area (Å²) in [6.45, 7) is 5.39. The minimum absolute atomic E-state index is 0.0768. The van der Waals surface area contributed by atoms with Gasteiger partial charge in [-0.15, -0.1) is 0 Å². The van der Waals surface area contributed by atoms with E-state index in [4.69, 9.17) is 4.52 Å². The largest absolute Gasteiger partial charge is 0.481 e. The Labute approximate surface area is 146 Å². The first-order chi connectivity index (χ1) is 12.0. The van der Waals surface area contributed by atoms with Crippen LogP contribution in [0.3, 0.4) is 0 Å². The molecule has 0 amide bonds. The summed E-state index contributed by atoms with van der Waals surface area (Å²) in [5, 5.41) is 13.9. The molecule has 2 fully saturated rings. The van der Waals surface area contributed by atoms with E-state index < -0.39 is 11.4 Å². The predicted molar refractivity (Wildman–Crippen MR) is 91.9 cm³/mol. The number of aryl methyl sites for hydroxylation is 1. The Morgan fingerprint density at radius 3 is 2.96 bits per heavy atom. The second-order valence-electron chi connectivity index (χ2n) is 7.43. The molecule has 0 bridgehead atoms. The van der Waals surface area contributed by atoms with Crippen LogP contribution in [0.1, 0.15) is 43.7 Å².